The molecule has 1 N–H and O–H groups in total. The second-order valence-corrected chi connectivity index (χ2v) is 3.72. The molecule has 0 aliphatic heterocycles. The van der Waals surface area contributed by atoms with Gasteiger partial charge >= 0.3 is 5.97 Å². The Balaban J connectivity index is 2.56. The molecule has 0 fully saturated rings. The summed E-state index contributed by atoms with van der Waals surface area (Å²) in [5.74, 6) is -1.47. The van der Waals surface area contributed by atoms with Crippen molar-refractivity contribution in [3.63, 3.8) is 0 Å². The average molecular weight is 231 g/mol. The number of benzene rings is 1. The fraction of sp³-hybridized carbons (Fsp3) is 0.0769. The van der Waals surface area contributed by atoms with Gasteiger partial charge in [0.25, 0.3) is 0 Å². The summed E-state index contributed by atoms with van der Waals surface area (Å²) >= 11 is 0. The van der Waals surface area contributed by atoms with Crippen LogP contribution in [0.25, 0.3) is 11.3 Å². The molecule has 0 spiro atoms. The number of carboxylic acid groups (broad SMARTS) is 1. The Morgan fingerprint density at radius 2 is 2.06 bits per heavy atom. The van der Waals surface area contributed by atoms with Crippen LogP contribution in [0.15, 0.2) is 36.5 Å². The van der Waals surface area contributed by atoms with Crippen molar-refractivity contribution < 1.29 is 14.3 Å². The number of aromatic carboxylic acids is 1. The summed E-state index contributed by atoms with van der Waals surface area (Å²) in [7, 11) is 0. The molecule has 2 rings (SSSR count). The maximum absolute atomic E-state index is 13.6. The van der Waals surface area contributed by atoms with Crippen molar-refractivity contribution in [2.75, 3.05) is 0 Å². The normalized spacial score (nSPS) is 10.2. The Hall–Kier alpha value is -2.23. The number of rotatable bonds is 2. The molecule has 4 heteroatoms. The second kappa shape index (κ2) is 4.33. The monoisotopic (exact) mass is 231 g/mol. The lowest BCUT2D eigenvalue weighted by atomic mass is 10.1. The minimum atomic E-state index is -1.05. The van der Waals surface area contributed by atoms with Gasteiger partial charge in [0.1, 0.15) is 5.82 Å². The zero-order valence-corrected chi connectivity index (χ0v) is 9.14. The van der Waals surface area contributed by atoms with Crippen molar-refractivity contribution in [1.82, 2.24) is 4.98 Å². The van der Waals surface area contributed by atoms with Crippen LogP contribution in [0, 0.1) is 12.7 Å². The highest BCUT2D eigenvalue weighted by atomic mass is 19.1. The van der Waals surface area contributed by atoms with Gasteiger partial charge in [-0.2, -0.15) is 0 Å². The lowest BCUT2D eigenvalue weighted by molar-refractivity contribution is 0.0697. The van der Waals surface area contributed by atoms with Gasteiger partial charge in [-0.1, -0.05) is 11.6 Å². The minimum Gasteiger partial charge on any atom is -0.478 e. The molecular weight excluding hydrogens is 221 g/mol. The van der Waals surface area contributed by atoms with Crippen molar-refractivity contribution in [3.8, 4) is 11.3 Å². The SMILES string of the molecule is Cc1ccc(F)c(-c2cc(C(=O)O)ccn2)c1. The fourth-order valence-corrected chi connectivity index (χ4v) is 1.55. The number of carboxylic acids is 1. The van der Waals surface area contributed by atoms with Crippen LogP contribution >= 0.6 is 0 Å². The largest absolute Gasteiger partial charge is 0.478 e. The van der Waals surface area contributed by atoms with E-state index in [4.69, 9.17) is 5.11 Å². The van der Waals surface area contributed by atoms with Gasteiger partial charge in [0.2, 0.25) is 0 Å². The Kier molecular flexibility index (Phi) is 2.87. The van der Waals surface area contributed by atoms with E-state index >= 15 is 0 Å². The van der Waals surface area contributed by atoms with Crippen LogP contribution in [0.4, 0.5) is 4.39 Å². The third-order valence-corrected chi connectivity index (χ3v) is 2.40. The van der Waals surface area contributed by atoms with E-state index in [0.29, 0.717) is 11.3 Å². The van der Waals surface area contributed by atoms with Gasteiger partial charge in [-0.25, -0.2) is 9.18 Å². The molecular formula is C13H10FNO2. The van der Waals surface area contributed by atoms with Gasteiger partial charge in [0, 0.05) is 11.8 Å². The van der Waals surface area contributed by atoms with Crippen LogP contribution in [0.1, 0.15) is 15.9 Å². The van der Waals surface area contributed by atoms with E-state index in [2.05, 4.69) is 4.98 Å². The summed E-state index contributed by atoms with van der Waals surface area (Å²) in [5.41, 5.74) is 1.62. The lowest BCUT2D eigenvalue weighted by Crippen LogP contribution is -1.98. The number of pyridine rings is 1. The predicted octanol–water partition coefficient (Wildman–Crippen LogP) is 2.89. The van der Waals surface area contributed by atoms with Gasteiger partial charge in [0.05, 0.1) is 11.3 Å². The molecule has 86 valence electrons. The molecule has 1 heterocycles. The number of halogens is 1. The summed E-state index contributed by atoms with van der Waals surface area (Å²) in [6.07, 6.45) is 1.36. The number of hydrogen-bond donors (Lipinski definition) is 1. The van der Waals surface area contributed by atoms with Crippen molar-refractivity contribution in [2.45, 2.75) is 6.92 Å². The number of hydrogen-bond acceptors (Lipinski definition) is 2. The number of nitrogens with zero attached hydrogens (tertiary/aromatic N) is 1. The van der Waals surface area contributed by atoms with E-state index < -0.39 is 11.8 Å². The minimum absolute atomic E-state index is 0.0934. The first-order chi connectivity index (χ1) is 8.08. The molecule has 1 aromatic carbocycles. The molecule has 0 amide bonds. The van der Waals surface area contributed by atoms with Crippen LogP contribution in [-0.2, 0) is 0 Å². The summed E-state index contributed by atoms with van der Waals surface area (Å²) in [6, 6.07) is 7.38. The van der Waals surface area contributed by atoms with Crippen molar-refractivity contribution in [1.29, 1.82) is 0 Å². The molecule has 1 aromatic heterocycles. The van der Waals surface area contributed by atoms with E-state index in [1.165, 1.54) is 24.4 Å². The van der Waals surface area contributed by atoms with Crippen LogP contribution in [-0.4, -0.2) is 16.1 Å². The zero-order valence-electron chi connectivity index (χ0n) is 9.14. The van der Waals surface area contributed by atoms with Gasteiger partial charge in [-0.05, 0) is 31.2 Å². The van der Waals surface area contributed by atoms with Gasteiger partial charge in [0.15, 0.2) is 0 Å². The van der Waals surface area contributed by atoms with Crippen LogP contribution in [0.3, 0.4) is 0 Å². The first-order valence-electron chi connectivity index (χ1n) is 5.04. The molecule has 0 aliphatic carbocycles. The van der Waals surface area contributed by atoms with Crippen LogP contribution in [0.2, 0.25) is 0 Å². The van der Waals surface area contributed by atoms with Crippen molar-refractivity contribution >= 4 is 5.97 Å². The summed E-state index contributed by atoms with van der Waals surface area (Å²) in [4.78, 5) is 14.8. The first-order valence-corrected chi connectivity index (χ1v) is 5.04. The third kappa shape index (κ3) is 2.30. The Morgan fingerprint density at radius 1 is 1.29 bits per heavy atom. The smallest absolute Gasteiger partial charge is 0.335 e. The maximum atomic E-state index is 13.6. The van der Waals surface area contributed by atoms with E-state index in [1.54, 1.807) is 12.1 Å². The molecule has 0 radical (unpaired) electrons. The van der Waals surface area contributed by atoms with Crippen LogP contribution < -0.4 is 0 Å². The van der Waals surface area contributed by atoms with E-state index in [0.717, 1.165) is 5.56 Å². The van der Waals surface area contributed by atoms with E-state index in [-0.39, 0.29) is 5.56 Å². The Morgan fingerprint density at radius 3 is 2.76 bits per heavy atom. The maximum Gasteiger partial charge on any atom is 0.335 e. The fourth-order valence-electron chi connectivity index (χ4n) is 1.55. The van der Waals surface area contributed by atoms with Crippen molar-refractivity contribution in [2.24, 2.45) is 0 Å². The van der Waals surface area contributed by atoms with Crippen LogP contribution in [0.5, 0.6) is 0 Å². The summed E-state index contributed by atoms with van der Waals surface area (Å²) in [5, 5.41) is 8.86. The summed E-state index contributed by atoms with van der Waals surface area (Å²) in [6.45, 7) is 1.84. The Labute approximate surface area is 97.6 Å². The average Bonchev–Trinajstić information content (AvgIpc) is 2.32. The van der Waals surface area contributed by atoms with Gasteiger partial charge in [-0.15, -0.1) is 0 Å². The number of aryl methyl sites for hydroxylation is 1. The number of carbonyl (C=O) groups is 1. The van der Waals surface area contributed by atoms with Gasteiger partial charge in [-0.3, -0.25) is 4.98 Å². The third-order valence-electron chi connectivity index (χ3n) is 2.40. The highest BCUT2D eigenvalue weighted by Crippen LogP contribution is 2.22. The molecule has 2 aromatic rings. The number of aromatic nitrogens is 1. The molecule has 0 bridgehead atoms. The zero-order chi connectivity index (χ0) is 12.4. The molecule has 0 aliphatic rings. The van der Waals surface area contributed by atoms with Crippen molar-refractivity contribution in [3.05, 3.63) is 53.5 Å². The van der Waals surface area contributed by atoms with E-state index in [9.17, 15) is 9.18 Å². The standard InChI is InChI=1S/C13H10FNO2/c1-8-2-3-11(14)10(6-8)12-7-9(13(16)17)4-5-15-12/h2-7H,1H3,(H,16,17). The van der Waals surface area contributed by atoms with Gasteiger partial charge < -0.3 is 5.11 Å². The highest BCUT2D eigenvalue weighted by molar-refractivity contribution is 5.88. The summed E-state index contributed by atoms with van der Waals surface area (Å²) < 4.78 is 13.6. The topological polar surface area (TPSA) is 50.2 Å². The second-order valence-electron chi connectivity index (χ2n) is 3.72. The molecule has 0 atom stereocenters. The molecule has 0 unspecified atom stereocenters. The lowest BCUT2D eigenvalue weighted by Gasteiger charge is -2.04. The van der Waals surface area contributed by atoms with E-state index in [1.807, 2.05) is 6.92 Å². The quantitative estimate of drug-likeness (QED) is 0.864. The first kappa shape index (κ1) is 11.3. The highest BCUT2D eigenvalue weighted by Gasteiger charge is 2.09. The molecule has 17 heavy (non-hydrogen) atoms. The molecule has 0 saturated heterocycles. The predicted molar refractivity (Wildman–Crippen MR) is 61.3 cm³/mol. The Bertz CT molecular complexity index is 581. The molecule has 0 saturated carbocycles. The molecule has 3 nitrogen and oxygen atoms in total.